The average Bonchev–Trinajstić information content (AvgIpc) is 3.16. The minimum Gasteiger partial charge on any atom is -0.493 e. The number of nitrogens with zero attached hydrogens (tertiary/aromatic N) is 4. The van der Waals surface area contributed by atoms with Crippen molar-refractivity contribution >= 4 is 5.91 Å². The van der Waals surface area contributed by atoms with Gasteiger partial charge < -0.3 is 14.8 Å². The Labute approximate surface area is 157 Å². The highest BCUT2D eigenvalue weighted by Crippen LogP contribution is 2.27. The molecule has 1 heterocycles. The molecule has 0 spiro atoms. The summed E-state index contributed by atoms with van der Waals surface area (Å²) in [4.78, 5) is 13.4. The largest absolute Gasteiger partial charge is 0.493 e. The van der Waals surface area contributed by atoms with Gasteiger partial charge in [0.2, 0.25) is 11.7 Å². The van der Waals surface area contributed by atoms with Gasteiger partial charge in [0.25, 0.3) is 0 Å². The number of aromatic nitrogens is 4. The summed E-state index contributed by atoms with van der Waals surface area (Å²) >= 11 is 0. The third-order valence-electron chi connectivity index (χ3n) is 3.79. The van der Waals surface area contributed by atoms with Crippen LogP contribution in [0.15, 0.2) is 48.5 Å². The standard InChI is InChI=1S/C19H21N5O3/c1-3-27-16-10-9-14(11-17(16)26-2)12-20-18(25)13-24-22-19(21-23-24)15-7-5-4-6-8-15/h4-11H,3,12-13H2,1-2H3,(H,20,25). The Bertz CT molecular complexity index is 895. The minimum absolute atomic E-state index is 0.00595. The van der Waals surface area contributed by atoms with Crippen molar-refractivity contribution in [1.82, 2.24) is 25.5 Å². The number of benzene rings is 2. The summed E-state index contributed by atoms with van der Waals surface area (Å²) in [6.07, 6.45) is 0. The average molecular weight is 367 g/mol. The van der Waals surface area contributed by atoms with Gasteiger partial charge in [0.1, 0.15) is 6.54 Å². The van der Waals surface area contributed by atoms with Crippen molar-refractivity contribution in [2.75, 3.05) is 13.7 Å². The molecule has 0 unspecified atom stereocenters. The fourth-order valence-corrected chi connectivity index (χ4v) is 2.49. The Morgan fingerprint density at radius 2 is 1.96 bits per heavy atom. The van der Waals surface area contributed by atoms with Crippen LogP contribution in [0, 0.1) is 0 Å². The van der Waals surface area contributed by atoms with E-state index in [0.29, 0.717) is 30.5 Å². The molecule has 0 bridgehead atoms. The molecule has 0 atom stereocenters. The van der Waals surface area contributed by atoms with Crippen LogP contribution in [0.5, 0.6) is 11.5 Å². The quantitative estimate of drug-likeness (QED) is 0.655. The van der Waals surface area contributed by atoms with Crippen LogP contribution in [0.1, 0.15) is 12.5 Å². The van der Waals surface area contributed by atoms with Crippen LogP contribution >= 0.6 is 0 Å². The SMILES string of the molecule is CCOc1ccc(CNC(=O)Cn2nnc(-c3ccccc3)n2)cc1OC. The third-order valence-corrected chi connectivity index (χ3v) is 3.79. The van der Waals surface area contributed by atoms with Crippen LogP contribution in [0.2, 0.25) is 0 Å². The van der Waals surface area contributed by atoms with Crippen molar-refractivity contribution < 1.29 is 14.3 Å². The lowest BCUT2D eigenvalue weighted by atomic mass is 10.2. The van der Waals surface area contributed by atoms with Crippen LogP contribution in [0.4, 0.5) is 0 Å². The number of amides is 1. The summed E-state index contributed by atoms with van der Waals surface area (Å²) in [5.41, 5.74) is 1.76. The smallest absolute Gasteiger partial charge is 0.243 e. The lowest BCUT2D eigenvalue weighted by molar-refractivity contribution is -0.122. The number of rotatable bonds is 8. The van der Waals surface area contributed by atoms with E-state index < -0.39 is 0 Å². The third kappa shape index (κ3) is 4.81. The molecule has 8 nitrogen and oxygen atoms in total. The first-order valence-corrected chi connectivity index (χ1v) is 8.59. The lowest BCUT2D eigenvalue weighted by Crippen LogP contribution is -2.28. The lowest BCUT2D eigenvalue weighted by Gasteiger charge is -2.11. The molecule has 1 amide bonds. The second kappa shape index (κ2) is 8.79. The van der Waals surface area contributed by atoms with Gasteiger partial charge in [-0.1, -0.05) is 36.4 Å². The van der Waals surface area contributed by atoms with E-state index in [9.17, 15) is 4.79 Å². The molecular weight excluding hydrogens is 346 g/mol. The summed E-state index contributed by atoms with van der Waals surface area (Å²) in [5.74, 6) is 1.59. The van der Waals surface area contributed by atoms with Gasteiger partial charge in [0.15, 0.2) is 11.5 Å². The minimum atomic E-state index is -0.208. The predicted molar refractivity (Wildman–Crippen MR) is 99.3 cm³/mol. The van der Waals surface area contributed by atoms with Crippen molar-refractivity contribution in [3.05, 3.63) is 54.1 Å². The summed E-state index contributed by atoms with van der Waals surface area (Å²) in [6.45, 7) is 2.83. The number of nitrogens with one attached hydrogen (secondary N) is 1. The Morgan fingerprint density at radius 1 is 1.15 bits per heavy atom. The molecular formula is C19H21N5O3. The van der Waals surface area contributed by atoms with Gasteiger partial charge in [-0.2, -0.15) is 4.80 Å². The highest BCUT2D eigenvalue weighted by atomic mass is 16.5. The van der Waals surface area contributed by atoms with E-state index in [2.05, 4.69) is 20.7 Å². The molecule has 140 valence electrons. The van der Waals surface area contributed by atoms with Gasteiger partial charge in [0.05, 0.1) is 13.7 Å². The summed E-state index contributed by atoms with van der Waals surface area (Å²) < 4.78 is 10.8. The topological polar surface area (TPSA) is 91.2 Å². The molecule has 2 aromatic carbocycles. The van der Waals surface area contributed by atoms with E-state index in [0.717, 1.165) is 11.1 Å². The van der Waals surface area contributed by atoms with Crippen molar-refractivity contribution in [2.45, 2.75) is 20.0 Å². The second-order valence-corrected chi connectivity index (χ2v) is 5.70. The molecule has 3 rings (SSSR count). The molecule has 0 fully saturated rings. The zero-order chi connectivity index (χ0) is 19.1. The summed E-state index contributed by atoms with van der Waals surface area (Å²) in [5, 5.41) is 15.0. The molecule has 27 heavy (non-hydrogen) atoms. The first-order valence-electron chi connectivity index (χ1n) is 8.59. The van der Waals surface area contributed by atoms with E-state index in [4.69, 9.17) is 9.47 Å². The van der Waals surface area contributed by atoms with Crippen LogP contribution in [0.3, 0.4) is 0 Å². The fourth-order valence-electron chi connectivity index (χ4n) is 2.49. The predicted octanol–water partition coefficient (Wildman–Crippen LogP) is 2.06. The first-order chi connectivity index (χ1) is 13.2. The first kappa shape index (κ1) is 18.4. The fraction of sp³-hybridized carbons (Fsp3) is 0.263. The summed E-state index contributed by atoms with van der Waals surface area (Å²) in [7, 11) is 1.58. The normalized spacial score (nSPS) is 10.4. The molecule has 0 aliphatic heterocycles. The molecule has 1 aromatic heterocycles. The number of methoxy groups -OCH3 is 1. The maximum Gasteiger partial charge on any atom is 0.243 e. The molecule has 0 saturated carbocycles. The second-order valence-electron chi connectivity index (χ2n) is 5.70. The molecule has 0 saturated heterocycles. The van der Waals surface area contributed by atoms with Gasteiger partial charge in [-0.15, -0.1) is 10.2 Å². The number of hydrogen-bond donors (Lipinski definition) is 1. The number of tetrazole rings is 1. The molecule has 0 aliphatic rings. The van der Waals surface area contributed by atoms with E-state index in [1.165, 1.54) is 4.80 Å². The van der Waals surface area contributed by atoms with Crippen LogP contribution < -0.4 is 14.8 Å². The molecule has 8 heteroatoms. The van der Waals surface area contributed by atoms with Gasteiger partial charge >= 0.3 is 0 Å². The Morgan fingerprint density at radius 3 is 2.70 bits per heavy atom. The number of hydrogen-bond acceptors (Lipinski definition) is 6. The Balaban J connectivity index is 1.56. The number of ether oxygens (including phenoxy) is 2. The van der Waals surface area contributed by atoms with E-state index in [1.807, 2.05) is 55.5 Å². The molecule has 1 N–H and O–H groups in total. The zero-order valence-corrected chi connectivity index (χ0v) is 15.3. The van der Waals surface area contributed by atoms with Crippen LogP contribution in [-0.2, 0) is 17.9 Å². The van der Waals surface area contributed by atoms with Crippen molar-refractivity contribution in [3.63, 3.8) is 0 Å². The van der Waals surface area contributed by atoms with Gasteiger partial charge in [-0.25, -0.2) is 0 Å². The van der Waals surface area contributed by atoms with Crippen molar-refractivity contribution in [1.29, 1.82) is 0 Å². The molecule has 0 radical (unpaired) electrons. The maximum atomic E-state index is 12.2. The zero-order valence-electron chi connectivity index (χ0n) is 15.3. The van der Waals surface area contributed by atoms with Crippen LogP contribution in [-0.4, -0.2) is 39.8 Å². The van der Waals surface area contributed by atoms with E-state index in [1.54, 1.807) is 7.11 Å². The van der Waals surface area contributed by atoms with Crippen molar-refractivity contribution in [3.8, 4) is 22.9 Å². The highest BCUT2D eigenvalue weighted by molar-refractivity contribution is 5.75. The van der Waals surface area contributed by atoms with Crippen molar-refractivity contribution in [2.24, 2.45) is 0 Å². The molecule has 3 aromatic rings. The number of carbonyl (C=O) groups excluding carboxylic acids is 1. The van der Waals surface area contributed by atoms with E-state index in [-0.39, 0.29) is 12.5 Å². The maximum absolute atomic E-state index is 12.2. The monoisotopic (exact) mass is 367 g/mol. The van der Waals surface area contributed by atoms with Gasteiger partial charge in [-0.05, 0) is 29.8 Å². The highest BCUT2D eigenvalue weighted by Gasteiger charge is 2.10. The van der Waals surface area contributed by atoms with E-state index >= 15 is 0 Å². The Hall–Kier alpha value is -3.42. The summed E-state index contributed by atoms with van der Waals surface area (Å²) in [6, 6.07) is 15.0. The van der Waals surface area contributed by atoms with Gasteiger partial charge in [-0.3, -0.25) is 4.79 Å². The van der Waals surface area contributed by atoms with Crippen LogP contribution in [0.25, 0.3) is 11.4 Å². The Kier molecular flexibility index (Phi) is 5.98. The van der Waals surface area contributed by atoms with Gasteiger partial charge in [0, 0.05) is 12.1 Å². The number of carbonyl (C=O) groups is 1. The molecule has 0 aliphatic carbocycles.